The topological polar surface area (TPSA) is 159 Å². The molecule has 18 heavy (non-hydrogen) atoms. The van der Waals surface area contributed by atoms with Crippen molar-refractivity contribution in [3.63, 3.8) is 0 Å². The Balaban J connectivity index is 3.52. The van der Waals surface area contributed by atoms with E-state index in [-0.39, 0.29) is 6.29 Å². The van der Waals surface area contributed by atoms with Gasteiger partial charge < -0.3 is 0 Å². The van der Waals surface area contributed by atoms with Gasteiger partial charge in [-0.1, -0.05) is 8.57 Å². The number of aldehydes is 1. The van der Waals surface area contributed by atoms with E-state index < -0.39 is 35.6 Å². The molecule has 1 aromatic rings. The average molecular weight is 298 g/mol. The maximum absolute atomic E-state index is 11.4. The molecule has 0 fully saturated rings. The molecule has 0 bridgehead atoms. The minimum atomic E-state index is -4.20. The summed E-state index contributed by atoms with van der Waals surface area (Å²) < 4.78 is 53.3. The number of hydrogen-bond donors (Lipinski definition) is 2. The van der Waals surface area contributed by atoms with Gasteiger partial charge >= 0.3 is 20.2 Å². The number of carbonyl (C=O) groups excluding carboxylic acids is 1. The molecular formula is C7H10N2O7S2+2. The van der Waals surface area contributed by atoms with Crippen LogP contribution in [-0.2, 0) is 28.8 Å². The first-order valence-electron chi connectivity index (χ1n) is 4.25. The van der Waals surface area contributed by atoms with Crippen molar-refractivity contribution in [2.24, 2.45) is 0 Å². The maximum Gasteiger partial charge on any atom is 0.343 e. The van der Waals surface area contributed by atoms with E-state index in [4.69, 9.17) is 0 Å². The van der Waals surface area contributed by atoms with Crippen LogP contribution in [0.1, 0.15) is 10.4 Å². The van der Waals surface area contributed by atoms with Gasteiger partial charge in [-0.3, -0.25) is 4.79 Å². The fourth-order valence-electron chi connectivity index (χ4n) is 1.13. The Bertz CT molecular complexity index is 665. The predicted molar refractivity (Wildman–Crippen MR) is 54.1 cm³/mol. The molecule has 0 radical (unpaired) electrons. The average Bonchev–Trinajstić information content (AvgIpc) is 2.37. The zero-order valence-electron chi connectivity index (χ0n) is 8.90. The Kier molecular flexibility index (Phi) is 4.16. The van der Waals surface area contributed by atoms with Crippen molar-refractivity contribution in [2.45, 2.75) is 9.79 Å². The van der Waals surface area contributed by atoms with E-state index in [1.54, 1.807) is 0 Å². The minimum absolute atomic E-state index is 0.175. The number of quaternary nitrogens is 2. The number of rotatable bonds is 5. The van der Waals surface area contributed by atoms with Gasteiger partial charge in [0.2, 0.25) is 0 Å². The lowest BCUT2D eigenvalue weighted by Gasteiger charge is -2.04. The van der Waals surface area contributed by atoms with Gasteiger partial charge in [0.15, 0.2) is 6.29 Å². The fraction of sp³-hybridized carbons (Fsp3) is 0. The molecule has 0 aliphatic carbocycles. The second-order valence-corrected chi connectivity index (χ2v) is 6.16. The van der Waals surface area contributed by atoms with Gasteiger partial charge in [-0.2, -0.15) is 28.6 Å². The quantitative estimate of drug-likeness (QED) is 0.439. The summed E-state index contributed by atoms with van der Waals surface area (Å²) in [5, 5.41) is 0. The van der Waals surface area contributed by atoms with Crippen LogP contribution in [0.5, 0.6) is 0 Å². The molecule has 1 rings (SSSR count). The highest BCUT2D eigenvalue weighted by Crippen LogP contribution is 2.20. The van der Waals surface area contributed by atoms with Gasteiger partial charge in [0.25, 0.3) is 0 Å². The summed E-state index contributed by atoms with van der Waals surface area (Å²) in [5.74, 6) is 5.49. The Morgan fingerprint density at radius 2 is 1.56 bits per heavy atom. The Morgan fingerprint density at radius 1 is 1.00 bits per heavy atom. The lowest BCUT2D eigenvalue weighted by molar-refractivity contribution is -0.635. The van der Waals surface area contributed by atoms with Gasteiger partial charge in [-0.25, -0.2) is 0 Å². The molecule has 6 N–H and O–H groups in total. The number of hydrogen-bond acceptors (Lipinski definition) is 7. The highest BCUT2D eigenvalue weighted by Gasteiger charge is 2.24. The van der Waals surface area contributed by atoms with Crippen molar-refractivity contribution < 1.29 is 42.0 Å². The summed E-state index contributed by atoms with van der Waals surface area (Å²) in [4.78, 5) is 9.88. The van der Waals surface area contributed by atoms with Crippen molar-refractivity contribution in [3.05, 3.63) is 23.8 Å². The fourth-order valence-corrected chi connectivity index (χ4v) is 2.53. The second-order valence-electron chi connectivity index (χ2n) is 2.96. The molecule has 0 spiro atoms. The molecular weight excluding hydrogens is 288 g/mol. The van der Waals surface area contributed by atoms with Gasteiger partial charge in [0, 0.05) is 5.56 Å². The van der Waals surface area contributed by atoms with Crippen molar-refractivity contribution in [1.29, 1.82) is 0 Å². The summed E-state index contributed by atoms with van der Waals surface area (Å²) in [7, 11) is -8.32. The largest absolute Gasteiger partial charge is 0.343 e. The molecule has 0 aliphatic heterocycles. The molecule has 0 atom stereocenters. The molecule has 0 unspecified atom stereocenters. The lowest BCUT2D eigenvalue weighted by atomic mass is 10.2. The molecule has 0 aliphatic rings. The third kappa shape index (κ3) is 2.72. The molecule has 9 nitrogen and oxygen atoms in total. The molecule has 0 saturated carbocycles. The molecule has 0 aromatic heterocycles. The summed E-state index contributed by atoms with van der Waals surface area (Å²) >= 11 is 0. The van der Waals surface area contributed by atoms with Crippen LogP contribution in [0.2, 0.25) is 0 Å². The van der Waals surface area contributed by atoms with E-state index in [0.29, 0.717) is 0 Å². The first-order valence-corrected chi connectivity index (χ1v) is 7.06. The maximum atomic E-state index is 11.4. The standard InChI is InChI=1S/C7H10N2O7S2/c8-15-17(11,12)6-1-2-7(5(3-6)4-10)18(13,14)16-9/h1-4H,8-9H3/q+2. The van der Waals surface area contributed by atoms with E-state index in [2.05, 4.69) is 20.4 Å². The predicted octanol–water partition coefficient (Wildman–Crippen LogP) is -2.78. The van der Waals surface area contributed by atoms with Crippen LogP contribution in [0.15, 0.2) is 28.0 Å². The lowest BCUT2D eigenvalue weighted by Crippen LogP contribution is -2.51. The van der Waals surface area contributed by atoms with Crippen LogP contribution >= 0.6 is 0 Å². The monoisotopic (exact) mass is 298 g/mol. The van der Waals surface area contributed by atoms with E-state index in [1.165, 1.54) is 0 Å². The SMILES string of the molecule is [NH3+]OS(=O)(=O)c1ccc(S(=O)(=O)O[NH3+])c(C=O)c1. The first-order chi connectivity index (χ1) is 8.28. The van der Waals surface area contributed by atoms with Crippen LogP contribution < -0.4 is 11.8 Å². The summed E-state index contributed by atoms with van der Waals surface area (Å²) in [5.41, 5.74) is -0.392. The number of carbonyl (C=O) groups is 1. The molecule has 0 heterocycles. The van der Waals surface area contributed by atoms with E-state index >= 15 is 0 Å². The third-order valence-corrected chi connectivity index (χ3v) is 4.34. The number of benzene rings is 1. The van der Waals surface area contributed by atoms with Crippen molar-refractivity contribution in [3.8, 4) is 0 Å². The summed E-state index contributed by atoms with van der Waals surface area (Å²) in [6.45, 7) is 0. The summed E-state index contributed by atoms with van der Waals surface area (Å²) in [6.07, 6.45) is 0.175. The zero-order chi connectivity index (χ0) is 14.0. The van der Waals surface area contributed by atoms with E-state index in [9.17, 15) is 21.6 Å². The molecule has 100 valence electrons. The molecule has 11 heteroatoms. The summed E-state index contributed by atoms with van der Waals surface area (Å²) in [6, 6.07) is 2.68. The minimum Gasteiger partial charge on any atom is -0.298 e. The second kappa shape index (κ2) is 5.09. The van der Waals surface area contributed by atoms with Crippen molar-refractivity contribution >= 4 is 26.5 Å². The van der Waals surface area contributed by atoms with Gasteiger partial charge in [0.05, 0.1) is 4.90 Å². The Morgan fingerprint density at radius 3 is 2.00 bits per heavy atom. The van der Waals surface area contributed by atoms with Crippen LogP contribution in [0.4, 0.5) is 0 Å². The smallest absolute Gasteiger partial charge is 0.298 e. The first kappa shape index (κ1) is 14.7. The normalized spacial score (nSPS) is 12.3. The van der Waals surface area contributed by atoms with Gasteiger partial charge in [-0.05, 0) is 18.2 Å². The molecule has 1 aromatic carbocycles. The van der Waals surface area contributed by atoms with E-state index in [0.717, 1.165) is 18.2 Å². The van der Waals surface area contributed by atoms with Gasteiger partial charge in [-0.15, -0.1) is 0 Å². The van der Waals surface area contributed by atoms with Crippen LogP contribution in [0.25, 0.3) is 0 Å². The van der Waals surface area contributed by atoms with Gasteiger partial charge in [0.1, 0.15) is 4.90 Å². The van der Waals surface area contributed by atoms with E-state index in [1.807, 2.05) is 0 Å². The van der Waals surface area contributed by atoms with Crippen LogP contribution in [0, 0.1) is 0 Å². The van der Waals surface area contributed by atoms with Crippen LogP contribution in [-0.4, -0.2) is 23.1 Å². The van der Waals surface area contributed by atoms with Crippen molar-refractivity contribution in [1.82, 2.24) is 0 Å². The Labute approximate surface area is 102 Å². The highest BCUT2D eigenvalue weighted by atomic mass is 32.2. The zero-order valence-corrected chi connectivity index (χ0v) is 10.5. The highest BCUT2D eigenvalue weighted by molar-refractivity contribution is 7.87. The molecule has 0 amide bonds. The Hall–Kier alpha value is -1.37. The van der Waals surface area contributed by atoms with Crippen LogP contribution in [0.3, 0.4) is 0 Å². The van der Waals surface area contributed by atoms with Crippen molar-refractivity contribution in [2.75, 3.05) is 0 Å². The molecule has 0 saturated heterocycles. The third-order valence-electron chi connectivity index (χ3n) is 1.98.